The number of allylic oxidation sites excluding steroid dienone is 5. The minimum atomic E-state index is -2.12. The van der Waals surface area contributed by atoms with Gasteiger partial charge in [0.2, 0.25) is 0 Å². The molecular formula is C38H53N4O7Si+. The van der Waals surface area contributed by atoms with E-state index in [1.807, 2.05) is 12.1 Å². The van der Waals surface area contributed by atoms with Gasteiger partial charge in [0.15, 0.2) is 5.71 Å². The van der Waals surface area contributed by atoms with E-state index in [1.54, 1.807) is 7.11 Å². The molecule has 1 aliphatic heterocycles. The Morgan fingerprint density at radius 1 is 0.760 bits per heavy atom. The van der Waals surface area contributed by atoms with Gasteiger partial charge in [-0.2, -0.15) is 0 Å². The van der Waals surface area contributed by atoms with Gasteiger partial charge in [-0.05, 0) is 58.1 Å². The average molecular weight is 706 g/mol. The summed E-state index contributed by atoms with van der Waals surface area (Å²) in [5.41, 5.74) is 16.5. The van der Waals surface area contributed by atoms with Crippen LogP contribution in [-0.2, 0) is 23.7 Å². The third kappa shape index (κ3) is 10.2. The number of hydrogen-bond acceptors (Lipinski definition) is 8. The molecule has 2 aromatic carbocycles. The quantitative estimate of drug-likeness (QED) is 0.0374. The Morgan fingerprint density at radius 2 is 1.38 bits per heavy atom. The van der Waals surface area contributed by atoms with E-state index in [1.165, 1.54) is 15.9 Å². The first-order valence-corrected chi connectivity index (χ1v) is 20.3. The fourth-order valence-corrected chi connectivity index (χ4v) is 9.13. The second-order valence-electron chi connectivity index (χ2n) is 12.8. The van der Waals surface area contributed by atoms with Crippen LogP contribution in [0, 0.1) is 6.92 Å². The van der Waals surface area contributed by atoms with E-state index in [2.05, 4.69) is 92.1 Å². The van der Waals surface area contributed by atoms with Gasteiger partial charge in [-0.15, -0.1) is 0 Å². The summed E-state index contributed by atoms with van der Waals surface area (Å²) < 4.78 is 42.3. The van der Waals surface area contributed by atoms with Gasteiger partial charge in [0.1, 0.15) is 46.9 Å². The lowest BCUT2D eigenvalue weighted by molar-refractivity contribution is -0.462. The van der Waals surface area contributed by atoms with E-state index >= 15 is 0 Å². The molecule has 2 aromatic rings. The van der Waals surface area contributed by atoms with Crippen LogP contribution in [0.5, 0.6) is 11.5 Å². The van der Waals surface area contributed by atoms with Crippen LogP contribution in [0.1, 0.15) is 30.0 Å². The van der Waals surface area contributed by atoms with Crippen LogP contribution in [0.25, 0.3) is 16.0 Å². The van der Waals surface area contributed by atoms with Crippen molar-refractivity contribution in [1.82, 2.24) is 0 Å². The Labute approximate surface area is 297 Å². The standard InChI is InChI=1S/C38H53N4O7Si/c1-8-13-44-16-17-46-20-22-48-34-27-35(49-23-21-47-19-18-45-15-14-43-5)33(40-41-39)26-32(34)38-30-11-9-28(2)24-36(30)50(6,7)37-25-29(42(3)4)10-12-31(37)38/h9-12,24-27H,8,13-23H2,1-7H3/q+1. The lowest BCUT2D eigenvalue weighted by atomic mass is 9.88. The Hall–Kier alpha value is -3.74. The summed E-state index contributed by atoms with van der Waals surface area (Å²) in [5.74, 6) is 1.02. The molecule has 0 fully saturated rings. The van der Waals surface area contributed by atoms with Gasteiger partial charge in [-0.3, -0.25) is 0 Å². The SMILES string of the molecule is CCCOCCOCCOc1cc(OCCOCCOCCOC)c(N=[N+]=[N-])cc1C1=C2C=CC(=[N+](C)C)C=C2[Si](C)(C)c2cc(C)ccc21. The first-order chi connectivity index (χ1) is 24.2. The number of aryl methyl sites for hydroxylation is 1. The highest BCUT2D eigenvalue weighted by molar-refractivity contribution is 6.98. The number of methoxy groups -OCH3 is 1. The van der Waals surface area contributed by atoms with E-state index in [4.69, 9.17) is 33.2 Å². The van der Waals surface area contributed by atoms with Crippen LogP contribution >= 0.6 is 0 Å². The molecule has 4 rings (SSSR count). The largest absolute Gasteiger partial charge is 0.491 e. The summed E-state index contributed by atoms with van der Waals surface area (Å²) in [5, 5.41) is 6.77. The molecule has 0 aromatic heterocycles. The molecule has 1 aliphatic carbocycles. The third-order valence-electron chi connectivity index (χ3n) is 8.56. The molecule has 0 amide bonds. The van der Waals surface area contributed by atoms with E-state index < -0.39 is 8.07 Å². The molecule has 0 unspecified atom stereocenters. The Morgan fingerprint density at radius 3 is 2.00 bits per heavy atom. The lowest BCUT2D eigenvalue weighted by Gasteiger charge is -2.38. The zero-order valence-electron chi connectivity index (χ0n) is 30.8. The second-order valence-corrected chi connectivity index (χ2v) is 17.1. The molecule has 50 heavy (non-hydrogen) atoms. The van der Waals surface area contributed by atoms with Crippen LogP contribution in [0.15, 0.2) is 64.4 Å². The number of benzene rings is 2. The number of rotatable bonds is 21. The summed E-state index contributed by atoms with van der Waals surface area (Å²) in [6, 6.07) is 10.4. The maximum absolute atomic E-state index is 9.61. The molecule has 0 saturated carbocycles. The van der Waals surface area contributed by atoms with Crippen LogP contribution in [-0.4, -0.2) is 112 Å². The van der Waals surface area contributed by atoms with E-state index in [0.29, 0.717) is 83.3 Å². The van der Waals surface area contributed by atoms with Crippen molar-refractivity contribution in [3.8, 4) is 11.5 Å². The molecule has 2 aliphatic rings. The third-order valence-corrected chi connectivity index (χ3v) is 12.1. The summed E-state index contributed by atoms with van der Waals surface area (Å²) >= 11 is 0. The zero-order chi connectivity index (χ0) is 35.9. The highest BCUT2D eigenvalue weighted by Crippen LogP contribution is 2.46. The summed E-state index contributed by atoms with van der Waals surface area (Å²) in [4.78, 5) is 3.15. The van der Waals surface area contributed by atoms with E-state index in [9.17, 15) is 5.53 Å². The van der Waals surface area contributed by atoms with Gasteiger partial charge in [0.25, 0.3) is 0 Å². The van der Waals surface area contributed by atoms with Crippen molar-refractivity contribution in [3.05, 3.63) is 86.5 Å². The maximum Gasteiger partial charge on any atom is 0.199 e. The van der Waals surface area contributed by atoms with Gasteiger partial charge in [-0.25, -0.2) is 4.58 Å². The van der Waals surface area contributed by atoms with Crippen molar-refractivity contribution in [2.45, 2.75) is 33.4 Å². The van der Waals surface area contributed by atoms with Crippen molar-refractivity contribution >= 4 is 30.2 Å². The molecule has 0 radical (unpaired) electrons. The lowest BCUT2D eigenvalue weighted by Crippen LogP contribution is -2.49. The monoisotopic (exact) mass is 705 g/mol. The highest BCUT2D eigenvalue weighted by Gasteiger charge is 2.41. The fraction of sp³-hybridized carbons (Fsp3) is 0.500. The van der Waals surface area contributed by atoms with Crippen LogP contribution in [0.3, 0.4) is 0 Å². The topological polar surface area (TPSA) is 116 Å². The highest BCUT2D eigenvalue weighted by atomic mass is 28.3. The molecule has 0 atom stereocenters. The Bertz CT molecular complexity index is 1640. The fourth-order valence-electron chi connectivity index (χ4n) is 5.98. The number of azide groups is 1. The van der Waals surface area contributed by atoms with Crippen molar-refractivity contribution in [3.63, 3.8) is 0 Å². The Balaban J connectivity index is 1.72. The molecular weight excluding hydrogens is 653 g/mol. The minimum Gasteiger partial charge on any atom is -0.491 e. The number of fused-ring (bicyclic) bond motifs is 2. The van der Waals surface area contributed by atoms with Crippen molar-refractivity contribution in [2.75, 3.05) is 93.9 Å². The molecule has 1 heterocycles. The van der Waals surface area contributed by atoms with Crippen LogP contribution < -0.4 is 14.7 Å². The van der Waals surface area contributed by atoms with Crippen molar-refractivity contribution < 1.29 is 37.7 Å². The van der Waals surface area contributed by atoms with Gasteiger partial charge in [0.05, 0.1) is 58.5 Å². The predicted molar refractivity (Wildman–Crippen MR) is 200 cm³/mol. The van der Waals surface area contributed by atoms with Crippen molar-refractivity contribution in [2.24, 2.45) is 5.11 Å². The normalized spacial score (nSPS) is 14.5. The molecule has 0 spiro atoms. The van der Waals surface area contributed by atoms with Gasteiger partial charge in [-0.1, -0.05) is 48.9 Å². The maximum atomic E-state index is 9.61. The molecule has 270 valence electrons. The summed E-state index contributed by atoms with van der Waals surface area (Å²) in [6.07, 6.45) is 7.68. The average Bonchev–Trinajstić information content (AvgIpc) is 3.10. The van der Waals surface area contributed by atoms with Crippen molar-refractivity contribution in [1.29, 1.82) is 0 Å². The van der Waals surface area contributed by atoms with Gasteiger partial charge >= 0.3 is 0 Å². The number of nitrogens with zero attached hydrogens (tertiary/aromatic N) is 4. The van der Waals surface area contributed by atoms with Gasteiger partial charge in [0, 0.05) is 42.4 Å². The first-order valence-electron chi connectivity index (χ1n) is 17.3. The zero-order valence-corrected chi connectivity index (χ0v) is 31.8. The van der Waals surface area contributed by atoms with Gasteiger partial charge < -0.3 is 33.2 Å². The first kappa shape index (κ1) is 39.0. The summed E-state index contributed by atoms with van der Waals surface area (Å²) in [6.45, 7) is 14.0. The Kier molecular flexibility index (Phi) is 15.3. The molecule has 0 N–H and O–H groups in total. The molecule has 0 saturated heterocycles. The van der Waals surface area contributed by atoms with E-state index in [0.717, 1.165) is 34.4 Å². The summed E-state index contributed by atoms with van der Waals surface area (Å²) in [7, 11) is 3.66. The smallest absolute Gasteiger partial charge is 0.199 e. The predicted octanol–water partition coefficient (Wildman–Crippen LogP) is 6.30. The second kappa shape index (κ2) is 19.6. The van der Waals surface area contributed by atoms with E-state index in [-0.39, 0.29) is 6.61 Å². The molecule has 0 bridgehead atoms. The minimum absolute atomic E-state index is 0.250. The van der Waals surface area contributed by atoms with Crippen LogP contribution in [0.2, 0.25) is 13.1 Å². The number of ether oxygens (including phenoxy) is 7. The van der Waals surface area contributed by atoms with Crippen LogP contribution in [0.4, 0.5) is 5.69 Å². The number of hydrogen-bond donors (Lipinski definition) is 0. The molecule has 11 nitrogen and oxygen atoms in total. The molecule has 12 heteroatoms.